The largest absolute Gasteiger partial charge is 0.523 e. The van der Waals surface area contributed by atoms with Crippen molar-refractivity contribution in [1.82, 2.24) is 0 Å². The number of rotatable bonds is 1. The van der Waals surface area contributed by atoms with E-state index < -0.39 is 16.6 Å². The molecule has 0 saturated heterocycles. The Kier molecular flexibility index (Phi) is 6.13. The van der Waals surface area contributed by atoms with Crippen molar-refractivity contribution in [3.63, 3.8) is 0 Å². The van der Waals surface area contributed by atoms with Crippen LogP contribution >= 0.6 is 0 Å². The highest BCUT2D eigenvalue weighted by atomic mass is 32.3. The number of hydrogen-bond donors (Lipinski definition) is 2. The molecule has 0 radical (unpaired) electrons. The maximum absolute atomic E-state index is 9.39. The van der Waals surface area contributed by atoms with Gasteiger partial charge in [-0.3, -0.25) is 8.74 Å². The van der Waals surface area contributed by atoms with Crippen molar-refractivity contribution in [2.24, 2.45) is 0 Å². The van der Waals surface area contributed by atoms with Gasteiger partial charge >= 0.3 is 16.6 Å². The summed E-state index contributed by atoms with van der Waals surface area (Å²) in [6.45, 7) is 1.43. The van der Waals surface area contributed by atoms with E-state index in [4.69, 9.17) is 14.9 Å². The summed E-state index contributed by atoms with van der Waals surface area (Å²) in [6.07, 6.45) is -2.06. The fraction of sp³-hybridized carbons (Fsp3) is 0.333. The molecule has 0 aliphatic rings. The van der Waals surface area contributed by atoms with Crippen LogP contribution in [0.3, 0.4) is 0 Å². The van der Waals surface area contributed by atoms with E-state index in [0.29, 0.717) is 0 Å². The molecule has 0 atom stereocenters. The minimum Gasteiger partial charge on any atom is -0.449 e. The topological polar surface area (TPSA) is 125 Å². The molecule has 0 fully saturated rings. The smallest absolute Gasteiger partial charge is 0.449 e. The van der Waals surface area contributed by atoms with Crippen LogP contribution in [0.4, 0.5) is 4.79 Å². The molecule has 0 aliphatic carbocycles. The summed E-state index contributed by atoms with van der Waals surface area (Å²) in [4.78, 5) is 9.25. The highest BCUT2D eigenvalue weighted by Gasteiger charge is 2.09. The highest BCUT2D eigenvalue weighted by Crippen LogP contribution is 1.83. The van der Waals surface area contributed by atoms with Gasteiger partial charge in [-0.1, -0.05) is 0 Å². The number of carbonyl (C=O) groups is 1. The molecule has 0 saturated carbocycles. The van der Waals surface area contributed by atoms with Crippen molar-refractivity contribution in [2.75, 3.05) is 0 Å². The highest BCUT2D eigenvalue weighted by molar-refractivity contribution is 7.81. The molecular weight excluding hydrogens is 178 g/mol. The lowest BCUT2D eigenvalue weighted by atomic mass is 11.0. The maximum atomic E-state index is 9.39. The summed E-state index contributed by atoms with van der Waals surface area (Å²) < 4.78 is 29.2. The summed E-state index contributed by atoms with van der Waals surface area (Å²) in [6, 6.07) is 1.75. The average Bonchev–Trinajstić information content (AvgIpc) is 1.57. The molecule has 0 heterocycles. The second-order valence-corrected chi connectivity index (χ2v) is 2.02. The van der Waals surface area contributed by atoms with Gasteiger partial charge in [-0.25, -0.2) is 4.79 Å². The SMILES string of the molecule is CC#N.O=C(O)OS(=O)(=O)O. The Bertz CT molecular complexity index is 247. The van der Waals surface area contributed by atoms with E-state index in [2.05, 4.69) is 4.18 Å². The normalized spacial score (nSPS) is 8.45. The lowest BCUT2D eigenvalue weighted by molar-refractivity contribution is 0.141. The first-order valence-corrected chi connectivity index (χ1v) is 3.40. The van der Waals surface area contributed by atoms with Crippen molar-refractivity contribution >= 4 is 16.6 Å². The lowest BCUT2D eigenvalue weighted by Gasteiger charge is -1.88. The van der Waals surface area contributed by atoms with E-state index in [1.807, 2.05) is 0 Å². The third-order valence-electron chi connectivity index (χ3n) is 0.177. The number of nitriles is 1. The zero-order valence-corrected chi connectivity index (χ0v) is 6.20. The standard InChI is InChI=1S/C2H3N.CH2O6S/c1-2-3;2-1(3)7-8(4,5)6/h1H3;(H,2,3)(H,4,5,6). The first kappa shape index (κ1) is 12.4. The van der Waals surface area contributed by atoms with E-state index in [1.165, 1.54) is 6.92 Å². The first-order chi connectivity index (χ1) is 4.83. The van der Waals surface area contributed by atoms with E-state index >= 15 is 0 Å². The molecule has 0 amide bonds. The van der Waals surface area contributed by atoms with Crippen LogP contribution in [0.25, 0.3) is 0 Å². The second kappa shape index (κ2) is 5.45. The van der Waals surface area contributed by atoms with E-state index in [-0.39, 0.29) is 0 Å². The Balaban J connectivity index is 0. The summed E-state index contributed by atoms with van der Waals surface area (Å²) in [5.41, 5.74) is 0. The summed E-state index contributed by atoms with van der Waals surface area (Å²) >= 11 is 0. The van der Waals surface area contributed by atoms with Crippen molar-refractivity contribution in [3.05, 3.63) is 0 Å². The summed E-state index contributed by atoms with van der Waals surface area (Å²) in [5, 5.41) is 14.8. The van der Waals surface area contributed by atoms with Crippen LogP contribution in [0.2, 0.25) is 0 Å². The van der Waals surface area contributed by atoms with Crippen LogP contribution in [-0.4, -0.2) is 24.2 Å². The van der Waals surface area contributed by atoms with Crippen LogP contribution in [0.1, 0.15) is 6.92 Å². The van der Waals surface area contributed by atoms with Crippen molar-refractivity contribution in [2.45, 2.75) is 6.92 Å². The van der Waals surface area contributed by atoms with Crippen LogP contribution in [0, 0.1) is 11.3 Å². The van der Waals surface area contributed by atoms with Crippen LogP contribution in [-0.2, 0) is 14.6 Å². The molecule has 11 heavy (non-hydrogen) atoms. The number of hydrogen-bond acceptors (Lipinski definition) is 5. The third-order valence-corrected chi connectivity index (χ3v) is 0.530. The maximum Gasteiger partial charge on any atom is 0.523 e. The monoisotopic (exact) mass is 183 g/mol. The van der Waals surface area contributed by atoms with Gasteiger partial charge in [-0.05, 0) is 0 Å². The van der Waals surface area contributed by atoms with Gasteiger partial charge in [-0.2, -0.15) is 13.7 Å². The van der Waals surface area contributed by atoms with Gasteiger partial charge in [0.25, 0.3) is 0 Å². The van der Waals surface area contributed by atoms with E-state index in [0.717, 1.165) is 0 Å². The molecule has 0 spiro atoms. The van der Waals surface area contributed by atoms with Gasteiger partial charge in [0.05, 0.1) is 6.07 Å². The number of carboxylic acid groups (broad SMARTS) is 1. The van der Waals surface area contributed by atoms with Gasteiger partial charge in [0, 0.05) is 6.92 Å². The van der Waals surface area contributed by atoms with Crippen LogP contribution in [0.5, 0.6) is 0 Å². The third kappa shape index (κ3) is 28.6. The molecule has 0 bridgehead atoms. The molecule has 0 unspecified atom stereocenters. The minimum absolute atomic E-state index is 1.43. The fourth-order valence-corrected chi connectivity index (χ4v) is 0.270. The molecule has 2 N–H and O–H groups in total. The van der Waals surface area contributed by atoms with Gasteiger partial charge in [-0.15, -0.1) is 0 Å². The quantitative estimate of drug-likeness (QED) is 0.548. The molecule has 8 heteroatoms. The Hall–Kier alpha value is -1.33. The molecule has 0 aromatic heterocycles. The Morgan fingerprint density at radius 2 is 1.91 bits per heavy atom. The molecule has 64 valence electrons. The summed E-state index contributed by atoms with van der Waals surface area (Å²) in [7, 11) is -4.82. The van der Waals surface area contributed by atoms with Gasteiger partial charge in [0.1, 0.15) is 0 Å². The lowest BCUT2D eigenvalue weighted by Crippen LogP contribution is -2.08. The van der Waals surface area contributed by atoms with E-state index in [9.17, 15) is 13.2 Å². The zero-order chi connectivity index (χ0) is 9.49. The van der Waals surface area contributed by atoms with E-state index in [1.54, 1.807) is 6.07 Å². The molecule has 0 rings (SSSR count). The van der Waals surface area contributed by atoms with Crippen molar-refractivity contribution in [3.8, 4) is 6.07 Å². The predicted molar refractivity (Wildman–Crippen MR) is 31.9 cm³/mol. The number of nitrogens with zero attached hydrogens (tertiary/aromatic N) is 1. The molecular formula is C3H5NO6S. The Morgan fingerprint density at radius 3 is 1.91 bits per heavy atom. The van der Waals surface area contributed by atoms with Gasteiger partial charge in [0.15, 0.2) is 0 Å². The van der Waals surface area contributed by atoms with Crippen molar-refractivity contribution in [1.29, 1.82) is 5.26 Å². The van der Waals surface area contributed by atoms with Crippen LogP contribution in [0.15, 0.2) is 0 Å². The van der Waals surface area contributed by atoms with Gasteiger partial charge in [0.2, 0.25) is 0 Å². The molecule has 0 aliphatic heterocycles. The van der Waals surface area contributed by atoms with Crippen molar-refractivity contribution < 1.29 is 27.1 Å². The van der Waals surface area contributed by atoms with Gasteiger partial charge < -0.3 is 5.11 Å². The zero-order valence-electron chi connectivity index (χ0n) is 5.38. The summed E-state index contributed by atoms with van der Waals surface area (Å²) in [5.74, 6) is 0. The molecule has 0 aromatic rings. The fourth-order valence-electron chi connectivity index (χ4n) is 0.0901. The Labute approximate surface area is 62.8 Å². The van der Waals surface area contributed by atoms with Crippen LogP contribution < -0.4 is 0 Å². The minimum atomic E-state index is -4.82. The predicted octanol–water partition coefficient (Wildman–Crippen LogP) is 0.0137. The first-order valence-electron chi connectivity index (χ1n) is 2.04. The second-order valence-electron chi connectivity index (χ2n) is 1.00. The molecule has 0 aromatic carbocycles. The Morgan fingerprint density at radius 1 is 1.64 bits per heavy atom. The average molecular weight is 183 g/mol. The molecule has 7 nitrogen and oxygen atoms in total.